The molecule has 38 heavy (non-hydrogen) atoms. The Morgan fingerprint density at radius 2 is 1.76 bits per heavy atom. The molecule has 1 aromatic heterocycles. The van der Waals surface area contributed by atoms with Crippen LogP contribution in [-0.2, 0) is 16.1 Å². The fourth-order valence-electron chi connectivity index (χ4n) is 3.96. The van der Waals surface area contributed by atoms with E-state index in [0.29, 0.717) is 34.2 Å². The van der Waals surface area contributed by atoms with E-state index in [1.165, 1.54) is 0 Å². The highest BCUT2D eigenvalue weighted by atomic mass is 35.5. The van der Waals surface area contributed by atoms with Crippen LogP contribution in [0.2, 0.25) is 5.02 Å². The minimum atomic E-state index is -1.12. The molecule has 1 heterocycles. The molecular weight excluding hydrogens is 528 g/mol. The maximum atomic E-state index is 12.7. The first-order chi connectivity index (χ1) is 18.2. The number of carbonyl (C=O) groups excluding carboxylic acids is 1. The highest BCUT2D eigenvalue weighted by Crippen LogP contribution is 2.31. The molecule has 0 aliphatic carbocycles. The van der Waals surface area contributed by atoms with Gasteiger partial charge >= 0.3 is 10.8 Å². The number of carbonyl (C=O) groups is 1. The fourth-order valence-corrected chi connectivity index (χ4v) is 5.12. The second kappa shape index (κ2) is 11.8. The van der Waals surface area contributed by atoms with Gasteiger partial charge in [0.2, 0.25) is 0 Å². The molecule has 0 N–H and O–H groups in total. The van der Waals surface area contributed by atoms with Crippen molar-refractivity contribution in [3.8, 4) is 11.5 Å². The largest absolute Gasteiger partial charge is 0.492 e. The topological polar surface area (TPSA) is 96.2 Å². The predicted octanol–water partition coefficient (Wildman–Crippen LogP) is 6.37. The van der Waals surface area contributed by atoms with Crippen LogP contribution in [0.1, 0.15) is 37.9 Å². The number of nitrogens with zero attached hydrogens (tertiary/aromatic N) is 2. The van der Waals surface area contributed by atoms with E-state index in [1.54, 1.807) is 79.9 Å². The number of hydrogen-bond acceptors (Lipinski definition) is 8. The molecule has 0 saturated carbocycles. The first kappa shape index (κ1) is 27.3. The van der Waals surface area contributed by atoms with Crippen LogP contribution < -0.4 is 14.3 Å². The summed E-state index contributed by atoms with van der Waals surface area (Å²) in [7, 11) is 0. The van der Waals surface area contributed by atoms with Gasteiger partial charge in [-0.3, -0.25) is 9.36 Å². The van der Waals surface area contributed by atoms with E-state index in [9.17, 15) is 14.5 Å². The predicted molar refractivity (Wildman–Crippen MR) is 148 cm³/mol. The average Bonchev–Trinajstić information content (AvgIpc) is 3.20. The smallest absolute Gasteiger partial charge is 0.349 e. The zero-order chi connectivity index (χ0) is 27.3. The number of halogens is 1. The Labute approximate surface area is 228 Å². The molecule has 4 rings (SSSR count). The molecule has 10 heteroatoms. The van der Waals surface area contributed by atoms with E-state index < -0.39 is 17.6 Å². The summed E-state index contributed by atoms with van der Waals surface area (Å²) in [6.07, 6.45) is 0. The van der Waals surface area contributed by atoms with Crippen molar-refractivity contribution < 1.29 is 19.0 Å². The van der Waals surface area contributed by atoms with Crippen molar-refractivity contribution >= 4 is 39.1 Å². The second-order valence-corrected chi connectivity index (χ2v) is 10.4. The highest BCUT2D eigenvalue weighted by molar-refractivity contribution is 7.16. The van der Waals surface area contributed by atoms with Gasteiger partial charge in [-0.25, -0.2) is 4.79 Å². The monoisotopic (exact) mass is 554 g/mol. The quantitative estimate of drug-likeness (QED) is 0.158. The van der Waals surface area contributed by atoms with Gasteiger partial charge in [-0.15, -0.1) is 4.91 Å². The number of fused-ring (bicyclic) bond motifs is 1. The third kappa shape index (κ3) is 6.23. The van der Waals surface area contributed by atoms with Gasteiger partial charge in [-0.2, -0.15) is 0 Å². The lowest BCUT2D eigenvalue weighted by Crippen LogP contribution is -2.39. The average molecular weight is 555 g/mol. The normalized spacial score (nSPS) is 12.2. The number of aromatic nitrogens is 1. The van der Waals surface area contributed by atoms with Crippen LogP contribution in [0.25, 0.3) is 10.2 Å². The minimum Gasteiger partial charge on any atom is -0.492 e. The molecule has 0 saturated heterocycles. The van der Waals surface area contributed by atoms with Gasteiger partial charge < -0.3 is 14.2 Å². The molecule has 1 unspecified atom stereocenters. The van der Waals surface area contributed by atoms with Crippen molar-refractivity contribution in [3.63, 3.8) is 0 Å². The third-order valence-corrected chi connectivity index (χ3v) is 7.00. The van der Waals surface area contributed by atoms with Gasteiger partial charge in [-0.05, 0) is 80.4 Å². The molecule has 0 bridgehead atoms. The molecule has 8 nitrogen and oxygen atoms in total. The molecule has 0 aliphatic heterocycles. The van der Waals surface area contributed by atoms with Crippen LogP contribution in [0.15, 0.2) is 76.7 Å². The van der Waals surface area contributed by atoms with Gasteiger partial charge in [0.25, 0.3) is 0 Å². The second-order valence-electron chi connectivity index (χ2n) is 8.96. The molecule has 1 atom stereocenters. The van der Waals surface area contributed by atoms with E-state index in [4.69, 9.17) is 25.8 Å². The zero-order valence-electron chi connectivity index (χ0n) is 21.2. The Bertz CT molecular complexity index is 1500. The van der Waals surface area contributed by atoms with E-state index in [0.717, 1.165) is 21.6 Å². The summed E-state index contributed by atoms with van der Waals surface area (Å²) in [5.74, 6) is 0.665. The molecule has 4 aromatic rings. The number of thiazole rings is 1. The van der Waals surface area contributed by atoms with E-state index in [1.807, 2.05) is 12.1 Å². The number of benzene rings is 3. The van der Waals surface area contributed by atoms with Crippen LogP contribution in [0.5, 0.6) is 11.5 Å². The van der Waals surface area contributed by atoms with Gasteiger partial charge in [0, 0.05) is 5.02 Å². The van der Waals surface area contributed by atoms with Crippen molar-refractivity contribution in [1.82, 2.24) is 4.57 Å². The summed E-state index contributed by atoms with van der Waals surface area (Å²) in [6.45, 7) is 5.93. The minimum absolute atomic E-state index is 0.121. The summed E-state index contributed by atoms with van der Waals surface area (Å²) >= 11 is 7.19. The SMILES string of the molecule is CCOC(=O)C(C)(C)Oc1ccc(OCCn2c(=O)sc3cc(C(N=O)c4cccc(Cl)c4)ccc32)cc1. The first-order valence-electron chi connectivity index (χ1n) is 12.0. The summed E-state index contributed by atoms with van der Waals surface area (Å²) < 4.78 is 19.0. The van der Waals surface area contributed by atoms with Crippen LogP contribution in [0, 0.1) is 4.91 Å². The van der Waals surface area contributed by atoms with Gasteiger partial charge in [-0.1, -0.05) is 46.3 Å². The number of nitroso groups, excluding NO2 is 1. The number of hydrogen-bond donors (Lipinski definition) is 0. The zero-order valence-corrected chi connectivity index (χ0v) is 22.8. The molecule has 0 amide bonds. The number of ether oxygens (including phenoxy) is 3. The maximum Gasteiger partial charge on any atom is 0.349 e. The standard InChI is InChI=1S/C28H27ClN2O6S/c1-4-35-26(32)28(2,3)37-22-11-9-21(10-12-22)36-15-14-31-23-13-8-19(17-24(23)38-27(31)33)25(30-34)18-6-5-7-20(29)16-18/h5-13,16-17,25H,4,14-15H2,1-3H3. The first-order valence-corrected chi connectivity index (χ1v) is 13.2. The molecule has 0 fully saturated rings. The maximum absolute atomic E-state index is 12.7. The fraction of sp³-hybridized carbons (Fsp3) is 0.286. The summed E-state index contributed by atoms with van der Waals surface area (Å²) in [5.41, 5.74) is 1.02. The van der Waals surface area contributed by atoms with Crippen molar-refractivity contribution in [1.29, 1.82) is 0 Å². The lowest BCUT2D eigenvalue weighted by Gasteiger charge is -2.24. The summed E-state index contributed by atoms with van der Waals surface area (Å²) in [6, 6.07) is 18.6. The summed E-state index contributed by atoms with van der Waals surface area (Å²) in [5, 5.41) is 3.81. The molecular formula is C28H27ClN2O6S. The summed E-state index contributed by atoms with van der Waals surface area (Å²) in [4.78, 5) is 36.3. The lowest BCUT2D eigenvalue weighted by molar-refractivity contribution is -0.158. The number of rotatable bonds is 11. The van der Waals surface area contributed by atoms with E-state index in [2.05, 4.69) is 5.18 Å². The van der Waals surface area contributed by atoms with Crippen molar-refractivity contribution in [2.75, 3.05) is 13.2 Å². The molecule has 0 radical (unpaired) electrons. The Morgan fingerprint density at radius 3 is 2.45 bits per heavy atom. The number of esters is 1. The van der Waals surface area contributed by atoms with E-state index in [-0.39, 0.29) is 18.1 Å². The van der Waals surface area contributed by atoms with Crippen LogP contribution >= 0.6 is 22.9 Å². The van der Waals surface area contributed by atoms with Gasteiger partial charge in [0.1, 0.15) is 24.1 Å². The Balaban J connectivity index is 1.42. The molecule has 0 spiro atoms. The Hall–Kier alpha value is -3.69. The van der Waals surface area contributed by atoms with E-state index >= 15 is 0 Å². The third-order valence-electron chi connectivity index (χ3n) is 5.83. The Kier molecular flexibility index (Phi) is 8.48. The lowest BCUT2D eigenvalue weighted by atomic mass is 9.99. The van der Waals surface area contributed by atoms with Crippen LogP contribution in [-0.4, -0.2) is 29.4 Å². The van der Waals surface area contributed by atoms with Crippen molar-refractivity contribution in [3.05, 3.63) is 97.5 Å². The van der Waals surface area contributed by atoms with Gasteiger partial charge in [0.05, 0.1) is 23.4 Å². The highest BCUT2D eigenvalue weighted by Gasteiger charge is 2.31. The van der Waals surface area contributed by atoms with Gasteiger partial charge in [0.15, 0.2) is 5.60 Å². The van der Waals surface area contributed by atoms with Crippen LogP contribution in [0.4, 0.5) is 0 Å². The Morgan fingerprint density at radius 1 is 1.05 bits per heavy atom. The molecule has 3 aromatic carbocycles. The van der Waals surface area contributed by atoms with Crippen LogP contribution in [0.3, 0.4) is 0 Å². The molecule has 198 valence electrons. The van der Waals surface area contributed by atoms with Crippen molar-refractivity contribution in [2.24, 2.45) is 5.18 Å². The van der Waals surface area contributed by atoms with Crippen molar-refractivity contribution in [2.45, 2.75) is 39.0 Å². The molecule has 0 aliphatic rings.